The lowest BCUT2D eigenvalue weighted by Gasteiger charge is -2.14. The SMILES string of the molecule is CCN(CC)c1nc2ncc(Br)cc2o1. The number of hydrogen-bond acceptors (Lipinski definition) is 4. The van der Waals surface area contributed by atoms with Crippen LogP contribution in [0, 0.1) is 0 Å². The van der Waals surface area contributed by atoms with Crippen molar-refractivity contribution in [3.63, 3.8) is 0 Å². The fourth-order valence-corrected chi connectivity index (χ4v) is 1.72. The first kappa shape index (κ1) is 10.4. The second-order valence-corrected chi connectivity index (χ2v) is 4.06. The molecule has 2 aromatic rings. The second-order valence-electron chi connectivity index (χ2n) is 3.14. The van der Waals surface area contributed by atoms with E-state index in [1.54, 1.807) is 6.20 Å². The molecule has 0 bridgehead atoms. The number of rotatable bonds is 3. The Kier molecular flexibility index (Phi) is 2.90. The summed E-state index contributed by atoms with van der Waals surface area (Å²) in [6.07, 6.45) is 1.72. The molecule has 0 spiro atoms. The van der Waals surface area contributed by atoms with Crippen LogP contribution in [0.3, 0.4) is 0 Å². The summed E-state index contributed by atoms with van der Waals surface area (Å²) in [5.74, 6) is 0. The van der Waals surface area contributed by atoms with Crippen molar-refractivity contribution in [2.75, 3.05) is 18.0 Å². The first-order valence-corrected chi connectivity index (χ1v) is 5.71. The van der Waals surface area contributed by atoms with Gasteiger partial charge in [-0.25, -0.2) is 4.98 Å². The van der Waals surface area contributed by atoms with Crippen molar-refractivity contribution in [3.05, 3.63) is 16.7 Å². The minimum absolute atomic E-state index is 0.639. The van der Waals surface area contributed by atoms with Crippen molar-refractivity contribution in [1.29, 1.82) is 0 Å². The molecule has 2 aromatic heterocycles. The van der Waals surface area contributed by atoms with Gasteiger partial charge < -0.3 is 9.32 Å². The summed E-state index contributed by atoms with van der Waals surface area (Å²) in [6, 6.07) is 2.52. The van der Waals surface area contributed by atoms with E-state index >= 15 is 0 Å². The smallest absolute Gasteiger partial charge is 0.299 e. The van der Waals surface area contributed by atoms with Crippen LogP contribution < -0.4 is 4.90 Å². The molecule has 0 saturated carbocycles. The van der Waals surface area contributed by atoms with Crippen LogP contribution in [-0.4, -0.2) is 23.1 Å². The molecule has 0 radical (unpaired) electrons. The van der Waals surface area contributed by atoms with Crippen LogP contribution in [0.25, 0.3) is 11.2 Å². The summed E-state index contributed by atoms with van der Waals surface area (Å²) >= 11 is 3.35. The van der Waals surface area contributed by atoms with Gasteiger partial charge in [0.25, 0.3) is 6.01 Å². The van der Waals surface area contributed by atoms with Gasteiger partial charge in [-0.3, -0.25) is 0 Å². The molecule has 2 rings (SSSR count). The number of pyridine rings is 1. The molecule has 0 aliphatic carbocycles. The molecule has 5 heteroatoms. The zero-order chi connectivity index (χ0) is 10.8. The van der Waals surface area contributed by atoms with E-state index in [0.717, 1.165) is 17.6 Å². The maximum absolute atomic E-state index is 5.62. The molecule has 0 saturated heterocycles. The standard InChI is InChI=1S/C10H12BrN3O/c1-3-14(4-2)10-13-9-8(15-10)5-7(11)6-12-9/h5-6H,3-4H2,1-2H3. The monoisotopic (exact) mass is 269 g/mol. The molecule has 0 aliphatic rings. The van der Waals surface area contributed by atoms with Crippen LogP contribution in [0.15, 0.2) is 21.2 Å². The number of hydrogen-bond donors (Lipinski definition) is 0. The molecule has 0 fully saturated rings. The van der Waals surface area contributed by atoms with Crippen LogP contribution in [0.5, 0.6) is 0 Å². The fourth-order valence-electron chi connectivity index (χ4n) is 1.41. The highest BCUT2D eigenvalue weighted by Gasteiger charge is 2.11. The summed E-state index contributed by atoms with van der Waals surface area (Å²) in [5, 5.41) is 0. The zero-order valence-electron chi connectivity index (χ0n) is 8.70. The molecule has 4 nitrogen and oxygen atoms in total. The zero-order valence-corrected chi connectivity index (χ0v) is 10.3. The Bertz CT molecular complexity index is 465. The summed E-state index contributed by atoms with van der Waals surface area (Å²) in [6.45, 7) is 5.90. The Balaban J connectivity index is 2.46. The van der Waals surface area contributed by atoms with Crippen LogP contribution in [0.4, 0.5) is 6.01 Å². The van der Waals surface area contributed by atoms with E-state index in [0.29, 0.717) is 17.2 Å². The van der Waals surface area contributed by atoms with Crippen LogP contribution in [0.1, 0.15) is 13.8 Å². The van der Waals surface area contributed by atoms with Gasteiger partial charge in [0.1, 0.15) is 0 Å². The molecule has 80 valence electrons. The van der Waals surface area contributed by atoms with Gasteiger partial charge in [0.15, 0.2) is 5.58 Å². The molecule has 15 heavy (non-hydrogen) atoms. The van der Waals surface area contributed by atoms with Gasteiger partial charge in [-0.05, 0) is 29.8 Å². The number of oxazole rings is 1. The van der Waals surface area contributed by atoms with Gasteiger partial charge in [0, 0.05) is 29.8 Å². The average Bonchev–Trinajstić information content (AvgIpc) is 2.62. The van der Waals surface area contributed by atoms with E-state index in [4.69, 9.17) is 4.42 Å². The van der Waals surface area contributed by atoms with Gasteiger partial charge in [-0.15, -0.1) is 0 Å². The number of nitrogens with zero attached hydrogens (tertiary/aromatic N) is 3. The van der Waals surface area contributed by atoms with Crippen molar-refractivity contribution in [2.24, 2.45) is 0 Å². The maximum Gasteiger partial charge on any atom is 0.299 e. The Morgan fingerprint density at radius 2 is 2.13 bits per heavy atom. The maximum atomic E-state index is 5.62. The van der Waals surface area contributed by atoms with Crippen LogP contribution in [0.2, 0.25) is 0 Å². The molecule has 0 amide bonds. The Labute approximate surface area is 96.4 Å². The molecule has 0 atom stereocenters. The highest BCUT2D eigenvalue weighted by Crippen LogP contribution is 2.22. The first-order chi connectivity index (χ1) is 7.24. The van der Waals surface area contributed by atoms with Gasteiger partial charge >= 0.3 is 0 Å². The molecule has 0 unspecified atom stereocenters. The van der Waals surface area contributed by atoms with E-state index in [-0.39, 0.29) is 0 Å². The highest BCUT2D eigenvalue weighted by atomic mass is 79.9. The largest absolute Gasteiger partial charge is 0.422 e. The lowest BCUT2D eigenvalue weighted by Crippen LogP contribution is -2.21. The Morgan fingerprint density at radius 1 is 1.40 bits per heavy atom. The first-order valence-electron chi connectivity index (χ1n) is 4.91. The fraction of sp³-hybridized carbons (Fsp3) is 0.400. The normalized spacial score (nSPS) is 10.9. The van der Waals surface area contributed by atoms with Crippen molar-refractivity contribution in [3.8, 4) is 0 Å². The van der Waals surface area contributed by atoms with E-state index in [2.05, 4.69) is 44.6 Å². The minimum Gasteiger partial charge on any atom is -0.422 e. The lowest BCUT2D eigenvalue weighted by atomic mass is 10.5. The van der Waals surface area contributed by atoms with Crippen LogP contribution >= 0.6 is 15.9 Å². The van der Waals surface area contributed by atoms with Gasteiger partial charge in [0.2, 0.25) is 5.65 Å². The van der Waals surface area contributed by atoms with E-state index in [1.807, 2.05) is 6.07 Å². The highest BCUT2D eigenvalue weighted by molar-refractivity contribution is 9.10. The van der Waals surface area contributed by atoms with Crippen molar-refractivity contribution < 1.29 is 4.42 Å². The van der Waals surface area contributed by atoms with Gasteiger partial charge in [0.05, 0.1) is 0 Å². The minimum atomic E-state index is 0.639. The van der Waals surface area contributed by atoms with Crippen molar-refractivity contribution in [1.82, 2.24) is 9.97 Å². The summed E-state index contributed by atoms with van der Waals surface area (Å²) < 4.78 is 6.52. The number of fused-ring (bicyclic) bond motifs is 1. The van der Waals surface area contributed by atoms with E-state index in [9.17, 15) is 0 Å². The second kappa shape index (κ2) is 4.18. The van der Waals surface area contributed by atoms with E-state index in [1.165, 1.54) is 0 Å². The third kappa shape index (κ3) is 1.97. The third-order valence-electron chi connectivity index (χ3n) is 2.24. The Morgan fingerprint density at radius 3 is 2.80 bits per heavy atom. The number of aromatic nitrogens is 2. The van der Waals surface area contributed by atoms with E-state index < -0.39 is 0 Å². The topological polar surface area (TPSA) is 42.2 Å². The molecule has 0 N–H and O–H groups in total. The number of halogens is 1. The summed E-state index contributed by atoms with van der Waals surface area (Å²) in [5.41, 5.74) is 1.37. The number of anilines is 1. The van der Waals surface area contributed by atoms with Gasteiger partial charge in [-0.1, -0.05) is 0 Å². The molecular weight excluding hydrogens is 258 g/mol. The molecule has 0 aliphatic heterocycles. The predicted molar refractivity (Wildman–Crippen MR) is 63.1 cm³/mol. The third-order valence-corrected chi connectivity index (χ3v) is 2.67. The van der Waals surface area contributed by atoms with Crippen molar-refractivity contribution in [2.45, 2.75) is 13.8 Å². The molecular formula is C10H12BrN3O. The average molecular weight is 270 g/mol. The van der Waals surface area contributed by atoms with Crippen molar-refractivity contribution >= 4 is 33.2 Å². The molecule has 2 heterocycles. The predicted octanol–water partition coefficient (Wildman–Crippen LogP) is 2.83. The Hall–Kier alpha value is -1.10. The molecule has 0 aromatic carbocycles. The summed E-state index contributed by atoms with van der Waals surface area (Å²) in [4.78, 5) is 10.5. The quantitative estimate of drug-likeness (QED) is 0.860. The lowest BCUT2D eigenvalue weighted by molar-refractivity contribution is 0.576. The van der Waals surface area contributed by atoms with Gasteiger partial charge in [-0.2, -0.15) is 4.98 Å². The van der Waals surface area contributed by atoms with Crippen LogP contribution in [-0.2, 0) is 0 Å². The summed E-state index contributed by atoms with van der Waals surface area (Å²) in [7, 11) is 0.